The molecule has 4 rings (SSSR count). The van der Waals surface area contributed by atoms with Crippen LogP contribution in [0.3, 0.4) is 0 Å². The summed E-state index contributed by atoms with van der Waals surface area (Å²) in [5, 5.41) is 0.653. The lowest BCUT2D eigenvalue weighted by atomic mass is 10.1. The Kier molecular flexibility index (Phi) is 5.92. The lowest BCUT2D eigenvalue weighted by Gasteiger charge is -2.08. The predicted octanol–water partition coefficient (Wildman–Crippen LogP) is 5.06. The molecule has 0 atom stereocenters. The topological polar surface area (TPSA) is 65.4 Å². The SMILES string of the molecule is COC(=O)Cn1c(C)c(Cc2sc(C)cc2S(=O)(=O)c2ccccc2)c2cc(F)ccc21. The van der Waals surface area contributed by atoms with E-state index in [-0.39, 0.29) is 16.3 Å². The van der Waals surface area contributed by atoms with E-state index in [1.165, 1.54) is 30.6 Å². The molecule has 0 unspecified atom stereocenters. The zero-order valence-electron chi connectivity index (χ0n) is 17.9. The molecule has 32 heavy (non-hydrogen) atoms. The second kappa shape index (κ2) is 8.52. The summed E-state index contributed by atoms with van der Waals surface area (Å²) < 4.78 is 47.4. The Bertz CT molecular complexity index is 1420. The number of aromatic nitrogens is 1. The lowest BCUT2D eigenvalue weighted by Crippen LogP contribution is -2.12. The molecule has 0 aliphatic rings. The molecule has 0 aliphatic carbocycles. The second-order valence-corrected chi connectivity index (χ2v) is 10.8. The molecule has 8 heteroatoms. The summed E-state index contributed by atoms with van der Waals surface area (Å²) in [4.78, 5) is 14.0. The molecule has 0 aliphatic heterocycles. The van der Waals surface area contributed by atoms with Crippen LogP contribution in [0.4, 0.5) is 4.39 Å². The molecule has 0 radical (unpaired) electrons. The van der Waals surface area contributed by atoms with Gasteiger partial charge in [-0.25, -0.2) is 12.8 Å². The number of hydrogen-bond donors (Lipinski definition) is 0. The van der Waals surface area contributed by atoms with Gasteiger partial charge in [-0.2, -0.15) is 0 Å². The average molecular weight is 472 g/mol. The van der Waals surface area contributed by atoms with E-state index < -0.39 is 21.6 Å². The molecule has 0 saturated heterocycles. The van der Waals surface area contributed by atoms with Crippen LogP contribution in [0.1, 0.15) is 21.0 Å². The molecule has 2 aromatic heterocycles. The van der Waals surface area contributed by atoms with Crippen LogP contribution in [-0.2, 0) is 32.3 Å². The van der Waals surface area contributed by atoms with Gasteiger partial charge in [-0.15, -0.1) is 11.3 Å². The molecule has 4 aromatic rings. The largest absolute Gasteiger partial charge is 0.468 e. The first-order valence-corrected chi connectivity index (χ1v) is 12.3. The summed E-state index contributed by atoms with van der Waals surface area (Å²) in [6.45, 7) is 3.70. The maximum Gasteiger partial charge on any atom is 0.325 e. The fourth-order valence-corrected chi connectivity index (χ4v) is 6.86. The molecule has 166 valence electrons. The Labute approximate surface area is 190 Å². The summed E-state index contributed by atoms with van der Waals surface area (Å²) in [5.41, 5.74) is 2.25. The van der Waals surface area contributed by atoms with Crippen molar-refractivity contribution in [3.05, 3.63) is 81.4 Å². The molecule has 0 amide bonds. The van der Waals surface area contributed by atoms with Crippen molar-refractivity contribution in [2.45, 2.75) is 36.6 Å². The highest BCUT2D eigenvalue weighted by atomic mass is 32.2. The van der Waals surface area contributed by atoms with Gasteiger partial charge in [-0.05, 0) is 55.8 Å². The van der Waals surface area contributed by atoms with Gasteiger partial charge >= 0.3 is 5.97 Å². The number of rotatable bonds is 6. The highest BCUT2D eigenvalue weighted by molar-refractivity contribution is 7.91. The van der Waals surface area contributed by atoms with E-state index in [0.717, 1.165) is 16.1 Å². The number of methoxy groups -OCH3 is 1. The number of aryl methyl sites for hydroxylation is 1. The predicted molar refractivity (Wildman–Crippen MR) is 122 cm³/mol. The Morgan fingerprint density at radius 2 is 1.81 bits per heavy atom. The van der Waals surface area contributed by atoms with Crippen LogP contribution in [0.5, 0.6) is 0 Å². The van der Waals surface area contributed by atoms with E-state index in [9.17, 15) is 17.6 Å². The van der Waals surface area contributed by atoms with Crippen LogP contribution in [0, 0.1) is 19.7 Å². The number of carbonyl (C=O) groups is 1. The van der Waals surface area contributed by atoms with Gasteiger partial charge in [-0.3, -0.25) is 4.79 Å². The Morgan fingerprint density at radius 3 is 2.50 bits per heavy atom. The first-order chi connectivity index (χ1) is 15.2. The van der Waals surface area contributed by atoms with Gasteiger partial charge in [0.2, 0.25) is 9.84 Å². The van der Waals surface area contributed by atoms with Gasteiger partial charge in [0, 0.05) is 32.8 Å². The van der Waals surface area contributed by atoms with Crippen molar-refractivity contribution in [3.8, 4) is 0 Å². The Morgan fingerprint density at radius 1 is 1.09 bits per heavy atom. The number of ether oxygens (including phenoxy) is 1. The minimum atomic E-state index is -3.70. The van der Waals surface area contributed by atoms with Crippen LogP contribution in [0.25, 0.3) is 10.9 Å². The van der Waals surface area contributed by atoms with E-state index in [2.05, 4.69) is 0 Å². The highest BCUT2D eigenvalue weighted by Crippen LogP contribution is 2.36. The van der Waals surface area contributed by atoms with Crippen molar-refractivity contribution in [2.75, 3.05) is 7.11 Å². The lowest BCUT2D eigenvalue weighted by molar-refractivity contribution is -0.141. The van der Waals surface area contributed by atoms with Crippen LogP contribution in [0.2, 0.25) is 0 Å². The monoisotopic (exact) mass is 471 g/mol. The van der Waals surface area contributed by atoms with Crippen LogP contribution < -0.4 is 0 Å². The second-order valence-electron chi connectivity index (χ2n) is 7.53. The molecular formula is C24H22FNO4S2. The number of nitrogens with zero attached hydrogens (tertiary/aromatic N) is 1. The molecule has 0 fully saturated rings. The van der Waals surface area contributed by atoms with E-state index in [0.29, 0.717) is 22.2 Å². The van der Waals surface area contributed by atoms with E-state index >= 15 is 0 Å². The third-order valence-corrected chi connectivity index (χ3v) is 8.52. The minimum absolute atomic E-state index is 0.0108. The highest BCUT2D eigenvalue weighted by Gasteiger charge is 2.25. The maximum atomic E-state index is 14.1. The summed E-state index contributed by atoms with van der Waals surface area (Å²) in [5.74, 6) is -0.811. The Balaban J connectivity index is 1.86. The summed E-state index contributed by atoms with van der Waals surface area (Å²) >= 11 is 1.41. The van der Waals surface area contributed by atoms with Crippen molar-refractivity contribution in [2.24, 2.45) is 0 Å². The number of esters is 1. The van der Waals surface area contributed by atoms with Gasteiger partial charge in [0.15, 0.2) is 0 Å². The quantitative estimate of drug-likeness (QED) is 0.369. The first kappa shape index (κ1) is 22.2. The summed E-state index contributed by atoms with van der Waals surface area (Å²) in [7, 11) is -2.39. The average Bonchev–Trinajstić information content (AvgIpc) is 3.27. The third kappa shape index (κ3) is 3.96. The maximum absolute atomic E-state index is 14.1. The van der Waals surface area contributed by atoms with Gasteiger partial charge in [0.05, 0.1) is 16.9 Å². The smallest absolute Gasteiger partial charge is 0.325 e. The van der Waals surface area contributed by atoms with Gasteiger partial charge in [0.25, 0.3) is 0 Å². The number of carbonyl (C=O) groups excluding carboxylic acids is 1. The molecule has 0 spiro atoms. The fourth-order valence-electron chi connectivity index (χ4n) is 3.92. The van der Waals surface area contributed by atoms with Crippen LogP contribution in [-0.4, -0.2) is 26.1 Å². The van der Waals surface area contributed by atoms with Crippen molar-refractivity contribution in [3.63, 3.8) is 0 Å². The number of benzene rings is 2. The van der Waals surface area contributed by atoms with Crippen LogP contribution >= 0.6 is 11.3 Å². The van der Waals surface area contributed by atoms with Crippen molar-refractivity contribution in [1.82, 2.24) is 4.57 Å². The fraction of sp³-hybridized carbons (Fsp3) is 0.208. The van der Waals surface area contributed by atoms with Crippen molar-refractivity contribution < 1.29 is 22.3 Å². The van der Waals surface area contributed by atoms with E-state index in [1.54, 1.807) is 47.0 Å². The molecular weight excluding hydrogens is 449 g/mol. The van der Waals surface area contributed by atoms with Gasteiger partial charge in [-0.1, -0.05) is 18.2 Å². The van der Waals surface area contributed by atoms with Crippen LogP contribution in [0.15, 0.2) is 64.4 Å². The molecule has 0 saturated carbocycles. The molecule has 5 nitrogen and oxygen atoms in total. The zero-order valence-corrected chi connectivity index (χ0v) is 19.5. The number of hydrogen-bond acceptors (Lipinski definition) is 5. The van der Waals surface area contributed by atoms with Crippen molar-refractivity contribution >= 4 is 38.0 Å². The summed E-state index contributed by atoms with van der Waals surface area (Å²) in [6.07, 6.45) is 0.305. The zero-order chi connectivity index (χ0) is 23.0. The van der Waals surface area contributed by atoms with Gasteiger partial charge in [0.1, 0.15) is 12.4 Å². The third-order valence-electron chi connectivity index (χ3n) is 5.50. The van der Waals surface area contributed by atoms with E-state index in [1.807, 2.05) is 13.8 Å². The summed E-state index contributed by atoms with van der Waals surface area (Å²) in [6, 6.07) is 14.4. The molecule has 0 bridgehead atoms. The molecule has 0 N–H and O–H groups in total. The Hall–Kier alpha value is -2.97. The molecule has 2 aromatic carbocycles. The minimum Gasteiger partial charge on any atom is -0.468 e. The first-order valence-electron chi connectivity index (χ1n) is 9.96. The van der Waals surface area contributed by atoms with E-state index in [4.69, 9.17) is 4.74 Å². The van der Waals surface area contributed by atoms with Gasteiger partial charge < -0.3 is 9.30 Å². The molecule has 2 heterocycles. The van der Waals surface area contributed by atoms with Crippen molar-refractivity contribution in [1.29, 1.82) is 0 Å². The number of halogens is 1. The standard InChI is InChI=1S/C24H22FNO4S2/c1-15-11-23(32(28,29)18-7-5-4-6-8-18)22(31-15)13-19-16(2)26(14-24(27)30-3)21-10-9-17(25)12-20(19)21/h4-12H,13-14H2,1-3H3. The number of sulfone groups is 1. The number of thiophene rings is 1. The normalized spacial score (nSPS) is 11.8. The number of fused-ring (bicyclic) bond motifs is 1.